The lowest BCUT2D eigenvalue weighted by atomic mass is 9.98. The van der Waals surface area contributed by atoms with Gasteiger partial charge in [-0.15, -0.1) is 5.10 Å². The molecule has 3 aromatic carbocycles. The van der Waals surface area contributed by atoms with Gasteiger partial charge in [0.25, 0.3) is 0 Å². The molecule has 0 saturated carbocycles. The number of aryl methyl sites for hydroxylation is 1. The lowest BCUT2D eigenvalue weighted by molar-refractivity contribution is 0.292. The van der Waals surface area contributed by atoms with Gasteiger partial charge in [0.05, 0.1) is 16.4 Å². The maximum Gasteiger partial charge on any atom is 0.368 e. The molecule has 5 rings (SSSR count). The van der Waals surface area contributed by atoms with Gasteiger partial charge in [-0.3, -0.25) is 0 Å². The van der Waals surface area contributed by atoms with Gasteiger partial charge < -0.3 is 4.74 Å². The predicted molar refractivity (Wildman–Crippen MR) is 125 cm³/mol. The van der Waals surface area contributed by atoms with Crippen molar-refractivity contribution in [1.82, 2.24) is 29.6 Å². The predicted octanol–water partition coefficient (Wildman–Crippen LogP) is 4.05. The average Bonchev–Trinajstić information content (AvgIpc) is 3.45. The van der Waals surface area contributed by atoms with Crippen LogP contribution in [-0.2, 0) is 13.7 Å². The highest BCUT2D eigenvalue weighted by Crippen LogP contribution is 2.29. The molecule has 9 heteroatoms. The van der Waals surface area contributed by atoms with Gasteiger partial charge in [-0.05, 0) is 39.8 Å². The first-order valence-electron chi connectivity index (χ1n) is 10.2. The van der Waals surface area contributed by atoms with E-state index in [0.29, 0.717) is 16.6 Å². The first-order chi connectivity index (χ1) is 16.1. The van der Waals surface area contributed by atoms with E-state index in [1.165, 1.54) is 9.36 Å². The molecule has 0 aliphatic carbocycles. The molecule has 164 valence electrons. The van der Waals surface area contributed by atoms with Crippen LogP contribution < -0.4 is 10.4 Å². The molecule has 0 unspecified atom stereocenters. The summed E-state index contributed by atoms with van der Waals surface area (Å²) in [7, 11) is 1.56. The first-order valence-corrected chi connectivity index (χ1v) is 10.6. The zero-order valence-electron chi connectivity index (χ0n) is 17.7. The SMILES string of the molecule is Cn1nnn(-c2cccc(-c3ccccc3)c2COc2ccn(-c3ccccc3Cl)n2)c1=O. The number of benzene rings is 3. The van der Waals surface area contributed by atoms with E-state index in [1.54, 1.807) is 30.1 Å². The minimum Gasteiger partial charge on any atom is -0.472 e. The number of halogens is 1. The molecule has 8 nitrogen and oxygen atoms in total. The second-order valence-corrected chi connectivity index (χ2v) is 7.71. The van der Waals surface area contributed by atoms with Gasteiger partial charge in [0.15, 0.2) is 0 Å². The van der Waals surface area contributed by atoms with Gasteiger partial charge in [-0.2, -0.15) is 9.36 Å². The Bertz CT molecular complexity index is 1470. The fourth-order valence-electron chi connectivity index (χ4n) is 3.58. The number of hydrogen-bond acceptors (Lipinski definition) is 5. The molecule has 0 aliphatic rings. The van der Waals surface area contributed by atoms with Gasteiger partial charge in [-0.1, -0.05) is 66.2 Å². The lowest BCUT2D eigenvalue weighted by Gasteiger charge is -2.14. The Hall–Kier alpha value is -4.17. The molecule has 33 heavy (non-hydrogen) atoms. The Kier molecular flexibility index (Phi) is 5.50. The summed E-state index contributed by atoms with van der Waals surface area (Å²) in [5, 5.41) is 12.9. The highest BCUT2D eigenvalue weighted by atomic mass is 35.5. The third kappa shape index (κ3) is 4.04. The van der Waals surface area contributed by atoms with Gasteiger partial charge in [0.1, 0.15) is 6.61 Å². The van der Waals surface area contributed by atoms with Crippen LogP contribution in [0.3, 0.4) is 0 Å². The van der Waals surface area contributed by atoms with E-state index in [-0.39, 0.29) is 12.3 Å². The third-order valence-corrected chi connectivity index (χ3v) is 5.53. The molecule has 0 bridgehead atoms. The molecule has 0 saturated heterocycles. The van der Waals surface area contributed by atoms with Crippen LogP contribution in [0.25, 0.3) is 22.5 Å². The number of para-hydroxylation sites is 1. The van der Waals surface area contributed by atoms with Crippen LogP contribution in [0.2, 0.25) is 5.02 Å². The van der Waals surface area contributed by atoms with E-state index in [0.717, 1.165) is 22.4 Å². The maximum absolute atomic E-state index is 12.6. The lowest BCUT2D eigenvalue weighted by Crippen LogP contribution is -2.23. The van der Waals surface area contributed by atoms with Crippen LogP contribution in [-0.4, -0.2) is 29.6 Å². The second kappa shape index (κ2) is 8.76. The summed E-state index contributed by atoms with van der Waals surface area (Å²) < 4.78 is 10.2. The summed E-state index contributed by atoms with van der Waals surface area (Å²) in [6.45, 7) is 0.170. The molecule has 0 radical (unpaired) electrons. The van der Waals surface area contributed by atoms with Crippen molar-refractivity contribution in [3.05, 3.63) is 106 Å². The second-order valence-electron chi connectivity index (χ2n) is 7.30. The Morgan fingerprint density at radius 2 is 1.64 bits per heavy atom. The van der Waals surface area contributed by atoms with E-state index in [9.17, 15) is 4.79 Å². The summed E-state index contributed by atoms with van der Waals surface area (Å²) in [4.78, 5) is 12.6. The molecule has 0 amide bonds. The largest absolute Gasteiger partial charge is 0.472 e. The summed E-state index contributed by atoms with van der Waals surface area (Å²) in [5.74, 6) is 0.426. The van der Waals surface area contributed by atoms with Crippen LogP contribution in [0.5, 0.6) is 5.88 Å². The fourth-order valence-corrected chi connectivity index (χ4v) is 3.80. The first kappa shape index (κ1) is 20.7. The van der Waals surface area contributed by atoms with Crippen LogP contribution in [0.4, 0.5) is 0 Å². The van der Waals surface area contributed by atoms with Crippen molar-refractivity contribution in [1.29, 1.82) is 0 Å². The van der Waals surface area contributed by atoms with E-state index >= 15 is 0 Å². The number of tetrazole rings is 1. The highest BCUT2D eigenvalue weighted by molar-refractivity contribution is 6.32. The van der Waals surface area contributed by atoms with E-state index in [1.807, 2.05) is 66.7 Å². The topological polar surface area (TPSA) is 79.8 Å². The third-order valence-electron chi connectivity index (χ3n) is 5.21. The minimum atomic E-state index is -0.343. The molecule has 0 atom stereocenters. The van der Waals surface area contributed by atoms with Crippen LogP contribution in [0, 0.1) is 0 Å². The molecular formula is C24H19ClN6O2. The zero-order chi connectivity index (χ0) is 22.8. The molecular weight excluding hydrogens is 440 g/mol. The Morgan fingerprint density at radius 1 is 0.879 bits per heavy atom. The Morgan fingerprint density at radius 3 is 2.39 bits per heavy atom. The van der Waals surface area contributed by atoms with Crippen molar-refractivity contribution >= 4 is 11.6 Å². The molecule has 2 aromatic heterocycles. The van der Waals surface area contributed by atoms with Gasteiger partial charge in [0, 0.05) is 24.9 Å². The zero-order valence-corrected chi connectivity index (χ0v) is 18.4. The number of hydrogen-bond donors (Lipinski definition) is 0. The molecule has 0 spiro atoms. The number of rotatable bonds is 6. The van der Waals surface area contributed by atoms with Gasteiger partial charge in [0.2, 0.25) is 5.88 Å². The van der Waals surface area contributed by atoms with Gasteiger partial charge >= 0.3 is 5.69 Å². The van der Waals surface area contributed by atoms with Gasteiger partial charge in [-0.25, -0.2) is 9.48 Å². The number of aromatic nitrogens is 6. The smallest absolute Gasteiger partial charge is 0.368 e. The van der Waals surface area contributed by atoms with Crippen molar-refractivity contribution in [2.45, 2.75) is 6.61 Å². The number of ether oxygens (including phenoxy) is 1. The number of nitrogens with zero attached hydrogens (tertiary/aromatic N) is 6. The standard InChI is InChI=1S/C24H19ClN6O2/c1-29-24(32)31(28-27-29)21-13-7-10-18(17-8-3-2-4-9-17)19(21)16-33-23-14-15-30(26-23)22-12-6-5-11-20(22)25/h2-15H,16H2,1H3. The fraction of sp³-hybridized carbons (Fsp3) is 0.0833. The van der Waals surface area contributed by atoms with E-state index in [2.05, 4.69) is 15.5 Å². The normalized spacial score (nSPS) is 11.0. The van der Waals surface area contributed by atoms with Crippen molar-refractivity contribution in [2.75, 3.05) is 0 Å². The van der Waals surface area contributed by atoms with Crippen LogP contribution >= 0.6 is 11.6 Å². The quantitative estimate of drug-likeness (QED) is 0.383. The maximum atomic E-state index is 12.6. The summed E-state index contributed by atoms with van der Waals surface area (Å²) in [6.07, 6.45) is 1.79. The van der Waals surface area contributed by atoms with Crippen LogP contribution in [0.1, 0.15) is 5.56 Å². The Labute approximate surface area is 194 Å². The molecule has 0 aliphatic heterocycles. The van der Waals surface area contributed by atoms with E-state index in [4.69, 9.17) is 16.3 Å². The van der Waals surface area contributed by atoms with Crippen molar-refractivity contribution < 1.29 is 4.74 Å². The molecule has 0 fully saturated rings. The average molecular weight is 459 g/mol. The van der Waals surface area contributed by atoms with Crippen molar-refractivity contribution in [3.8, 4) is 28.4 Å². The van der Waals surface area contributed by atoms with E-state index < -0.39 is 0 Å². The Balaban J connectivity index is 1.53. The van der Waals surface area contributed by atoms with Crippen molar-refractivity contribution in [3.63, 3.8) is 0 Å². The molecule has 2 heterocycles. The van der Waals surface area contributed by atoms with Crippen LogP contribution in [0.15, 0.2) is 89.9 Å². The molecule has 5 aromatic rings. The summed E-state index contributed by atoms with van der Waals surface area (Å²) in [5.41, 5.74) is 3.72. The monoisotopic (exact) mass is 458 g/mol. The summed E-state index contributed by atoms with van der Waals surface area (Å²) in [6, 6.07) is 24.8. The minimum absolute atomic E-state index is 0.170. The van der Waals surface area contributed by atoms with Crippen molar-refractivity contribution in [2.24, 2.45) is 7.05 Å². The highest BCUT2D eigenvalue weighted by Gasteiger charge is 2.17. The summed E-state index contributed by atoms with van der Waals surface area (Å²) >= 11 is 6.29. The molecule has 0 N–H and O–H groups in total.